The average Bonchev–Trinajstić information content (AvgIpc) is 3.08. The van der Waals surface area contributed by atoms with Gasteiger partial charge in [-0.1, -0.05) is 24.6 Å². The van der Waals surface area contributed by atoms with Crippen LogP contribution in [0, 0.1) is 0 Å². The first-order chi connectivity index (χ1) is 10.1. The lowest BCUT2D eigenvalue weighted by atomic mass is 10.1. The minimum atomic E-state index is -0.148. The summed E-state index contributed by atoms with van der Waals surface area (Å²) in [6.07, 6.45) is 0.981. The van der Waals surface area contributed by atoms with E-state index >= 15 is 0 Å². The molecule has 110 valence electrons. The molecule has 2 nitrogen and oxygen atoms in total. The molecule has 2 heterocycles. The Morgan fingerprint density at radius 2 is 2.14 bits per heavy atom. The first-order valence-electron chi connectivity index (χ1n) is 6.96. The number of alkyl halides is 1. The Kier molecular flexibility index (Phi) is 4.25. The largest absolute Gasteiger partial charge is 0.318 e. The van der Waals surface area contributed by atoms with Crippen LogP contribution in [0.3, 0.4) is 0 Å². The molecule has 0 bridgehead atoms. The van der Waals surface area contributed by atoms with Crippen molar-refractivity contribution in [2.45, 2.75) is 31.7 Å². The van der Waals surface area contributed by atoms with Gasteiger partial charge in [-0.25, -0.2) is 4.98 Å². The van der Waals surface area contributed by atoms with Gasteiger partial charge < -0.3 is 4.57 Å². The molecule has 2 aromatic heterocycles. The summed E-state index contributed by atoms with van der Waals surface area (Å²) in [5, 5.41) is 2.68. The Balaban J connectivity index is 2.27. The number of thiophene rings is 1. The molecule has 0 radical (unpaired) electrons. The first-order valence-corrected chi connectivity index (χ1v) is 8.66. The standard InChI is InChI=1S/C16H16Cl2N2S/c1-3-13(15-5-4-8-21-15)20-14-9-11(18)6-7-12(14)19-16(20)10(2)17/h4-10,13H,3H2,1-2H3. The van der Waals surface area contributed by atoms with Crippen LogP contribution in [0.25, 0.3) is 11.0 Å². The summed E-state index contributed by atoms with van der Waals surface area (Å²) in [6, 6.07) is 10.3. The second-order valence-corrected chi connectivity index (χ2v) is 7.10. The van der Waals surface area contributed by atoms with Gasteiger partial charge in [0.25, 0.3) is 0 Å². The van der Waals surface area contributed by atoms with E-state index in [4.69, 9.17) is 28.2 Å². The summed E-state index contributed by atoms with van der Waals surface area (Å²) < 4.78 is 2.24. The highest BCUT2D eigenvalue weighted by Crippen LogP contribution is 2.35. The fraction of sp³-hybridized carbons (Fsp3) is 0.312. The van der Waals surface area contributed by atoms with Crippen LogP contribution in [0.2, 0.25) is 5.02 Å². The van der Waals surface area contributed by atoms with E-state index in [1.807, 2.05) is 25.1 Å². The van der Waals surface area contributed by atoms with Crippen LogP contribution in [0.5, 0.6) is 0 Å². The maximum atomic E-state index is 6.37. The molecule has 0 spiro atoms. The molecule has 2 unspecified atom stereocenters. The molecule has 0 aliphatic heterocycles. The van der Waals surface area contributed by atoms with E-state index in [-0.39, 0.29) is 11.4 Å². The third-order valence-electron chi connectivity index (χ3n) is 3.60. The molecule has 21 heavy (non-hydrogen) atoms. The van der Waals surface area contributed by atoms with Crippen molar-refractivity contribution in [3.8, 4) is 0 Å². The van der Waals surface area contributed by atoms with Gasteiger partial charge in [-0.05, 0) is 43.0 Å². The van der Waals surface area contributed by atoms with Gasteiger partial charge in [-0.15, -0.1) is 22.9 Å². The highest BCUT2D eigenvalue weighted by Gasteiger charge is 2.22. The van der Waals surface area contributed by atoms with Gasteiger partial charge in [0.05, 0.1) is 22.5 Å². The molecule has 3 aromatic rings. The highest BCUT2D eigenvalue weighted by molar-refractivity contribution is 7.10. The Bertz CT molecular complexity index is 747. The first kappa shape index (κ1) is 14.9. The maximum absolute atomic E-state index is 6.37. The van der Waals surface area contributed by atoms with Crippen molar-refractivity contribution in [1.82, 2.24) is 9.55 Å². The van der Waals surface area contributed by atoms with Crippen molar-refractivity contribution >= 4 is 45.6 Å². The number of nitrogens with zero attached hydrogens (tertiary/aromatic N) is 2. The van der Waals surface area contributed by atoms with E-state index in [9.17, 15) is 0 Å². The molecule has 2 atom stereocenters. The summed E-state index contributed by atoms with van der Waals surface area (Å²) in [6.45, 7) is 4.14. The van der Waals surface area contributed by atoms with Gasteiger partial charge in [0.1, 0.15) is 5.82 Å². The SMILES string of the molecule is CCC(c1cccs1)n1c(C(C)Cl)nc2ccc(Cl)cc21. The second-order valence-electron chi connectivity index (χ2n) is 5.03. The average molecular weight is 339 g/mol. The molecule has 0 N–H and O–H groups in total. The molecule has 0 saturated heterocycles. The van der Waals surface area contributed by atoms with E-state index in [0.717, 1.165) is 28.3 Å². The number of fused-ring (bicyclic) bond motifs is 1. The van der Waals surface area contributed by atoms with Crippen molar-refractivity contribution in [2.24, 2.45) is 0 Å². The van der Waals surface area contributed by atoms with Crippen LogP contribution in [-0.2, 0) is 0 Å². The summed E-state index contributed by atoms with van der Waals surface area (Å²) in [5.41, 5.74) is 1.99. The third kappa shape index (κ3) is 2.70. The molecule has 1 aromatic carbocycles. The number of halogens is 2. The van der Waals surface area contributed by atoms with E-state index in [2.05, 4.69) is 29.0 Å². The number of aromatic nitrogens is 2. The fourth-order valence-electron chi connectivity index (χ4n) is 2.68. The van der Waals surface area contributed by atoms with Gasteiger partial charge >= 0.3 is 0 Å². The number of rotatable bonds is 4. The number of benzene rings is 1. The zero-order valence-electron chi connectivity index (χ0n) is 11.9. The molecular formula is C16H16Cl2N2S. The molecular weight excluding hydrogens is 323 g/mol. The highest BCUT2D eigenvalue weighted by atomic mass is 35.5. The molecule has 0 amide bonds. The lowest BCUT2D eigenvalue weighted by Gasteiger charge is -2.20. The lowest BCUT2D eigenvalue weighted by molar-refractivity contribution is 0.564. The normalized spacial score (nSPS) is 14.5. The minimum absolute atomic E-state index is 0.148. The smallest absolute Gasteiger partial charge is 0.128 e. The van der Waals surface area contributed by atoms with Gasteiger partial charge in [0.15, 0.2) is 0 Å². The number of hydrogen-bond acceptors (Lipinski definition) is 2. The maximum Gasteiger partial charge on any atom is 0.128 e. The van der Waals surface area contributed by atoms with Gasteiger partial charge in [0, 0.05) is 9.90 Å². The molecule has 3 rings (SSSR count). The van der Waals surface area contributed by atoms with Gasteiger partial charge in [-0.2, -0.15) is 0 Å². The fourth-order valence-corrected chi connectivity index (χ4v) is 3.91. The summed E-state index contributed by atoms with van der Waals surface area (Å²) in [4.78, 5) is 6.02. The lowest BCUT2D eigenvalue weighted by Crippen LogP contribution is -2.12. The zero-order chi connectivity index (χ0) is 15.0. The van der Waals surface area contributed by atoms with Crippen LogP contribution < -0.4 is 0 Å². The van der Waals surface area contributed by atoms with Crippen LogP contribution in [0.15, 0.2) is 35.7 Å². The van der Waals surface area contributed by atoms with Crippen LogP contribution in [0.1, 0.15) is 42.4 Å². The number of imidazole rings is 1. The van der Waals surface area contributed by atoms with Gasteiger partial charge in [0.2, 0.25) is 0 Å². The van der Waals surface area contributed by atoms with E-state index < -0.39 is 0 Å². The summed E-state index contributed by atoms with van der Waals surface area (Å²) in [7, 11) is 0. The van der Waals surface area contributed by atoms with Crippen molar-refractivity contribution in [2.75, 3.05) is 0 Å². The predicted molar refractivity (Wildman–Crippen MR) is 91.8 cm³/mol. The topological polar surface area (TPSA) is 17.8 Å². The summed E-state index contributed by atoms with van der Waals surface area (Å²) in [5.74, 6) is 0.897. The Morgan fingerprint density at radius 1 is 1.33 bits per heavy atom. The number of hydrogen-bond donors (Lipinski definition) is 0. The zero-order valence-corrected chi connectivity index (χ0v) is 14.2. The Morgan fingerprint density at radius 3 is 2.76 bits per heavy atom. The quantitative estimate of drug-likeness (QED) is 0.529. The van der Waals surface area contributed by atoms with Crippen LogP contribution in [-0.4, -0.2) is 9.55 Å². The van der Waals surface area contributed by atoms with E-state index in [1.54, 1.807) is 11.3 Å². The molecule has 0 saturated carbocycles. The third-order valence-corrected chi connectivity index (χ3v) is 5.01. The second kappa shape index (κ2) is 5.99. The monoisotopic (exact) mass is 338 g/mol. The van der Waals surface area contributed by atoms with Crippen molar-refractivity contribution in [3.05, 3.63) is 51.4 Å². The molecule has 0 aliphatic carbocycles. The predicted octanol–water partition coefficient (Wildman–Crippen LogP) is 6.05. The molecule has 0 fully saturated rings. The van der Waals surface area contributed by atoms with Gasteiger partial charge in [-0.3, -0.25) is 0 Å². The Hall–Kier alpha value is -1.03. The molecule has 0 aliphatic rings. The Labute approximate surface area is 138 Å². The van der Waals surface area contributed by atoms with Crippen molar-refractivity contribution in [3.63, 3.8) is 0 Å². The summed E-state index contributed by atoms with van der Waals surface area (Å²) >= 11 is 14.3. The van der Waals surface area contributed by atoms with Crippen molar-refractivity contribution < 1.29 is 0 Å². The minimum Gasteiger partial charge on any atom is -0.318 e. The van der Waals surface area contributed by atoms with Crippen molar-refractivity contribution in [1.29, 1.82) is 0 Å². The van der Waals surface area contributed by atoms with Crippen LogP contribution >= 0.6 is 34.5 Å². The van der Waals surface area contributed by atoms with E-state index in [1.165, 1.54) is 4.88 Å². The molecule has 5 heteroatoms. The van der Waals surface area contributed by atoms with Crippen LogP contribution in [0.4, 0.5) is 0 Å². The van der Waals surface area contributed by atoms with E-state index in [0.29, 0.717) is 0 Å².